The first-order valence-corrected chi connectivity index (χ1v) is 8.21. The van der Waals surface area contributed by atoms with E-state index in [4.69, 9.17) is 27.6 Å². The van der Waals surface area contributed by atoms with Gasteiger partial charge in [-0.3, -0.25) is 0 Å². The largest absolute Gasteiger partial charge is 0.478 e. The highest BCUT2D eigenvalue weighted by atomic mass is 35.5. The Kier molecular flexibility index (Phi) is 3.67. The number of aromatic carboxylic acids is 1. The molecule has 2 aromatic carbocycles. The van der Waals surface area contributed by atoms with E-state index in [1.807, 2.05) is 6.92 Å². The molecule has 0 radical (unpaired) electrons. The quantitative estimate of drug-likeness (QED) is 0.471. The third-order valence-corrected chi connectivity index (χ3v) is 4.48. The number of halogens is 2. The number of aryl methyl sites for hydroxylation is 1. The molecule has 0 saturated carbocycles. The predicted octanol–water partition coefficient (Wildman–Crippen LogP) is 5.96. The van der Waals surface area contributed by atoms with Gasteiger partial charge in [-0.1, -0.05) is 23.2 Å². The monoisotopic (exact) mass is 371 g/mol. The lowest BCUT2D eigenvalue weighted by molar-refractivity contribution is 0.0699. The molecule has 0 aliphatic rings. The van der Waals surface area contributed by atoms with Crippen LogP contribution < -0.4 is 0 Å². The standard InChI is InChI=1S/C19H11Cl2NO3/c1-9-4-12(21)7-13-14(19(23)24)8-15(22-18(9)13)17-6-10-5-11(20)2-3-16(10)25-17/h2-8H,1H3,(H,23,24). The molecule has 0 aliphatic carbocycles. The summed E-state index contributed by atoms with van der Waals surface area (Å²) in [6, 6.07) is 12.0. The second kappa shape index (κ2) is 5.76. The van der Waals surface area contributed by atoms with Gasteiger partial charge < -0.3 is 9.52 Å². The normalized spacial score (nSPS) is 11.3. The summed E-state index contributed by atoms with van der Waals surface area (Å²) in [5, 5.41) is 12.0. The zero-order valence-corrected chi connectivity index (χ0v) is 14.5. The van der Waals surface area contributed by atoms with E-state index in [2.05, 4.69) is 4.98 Å². The Morgan fingerprint density at radius 3 is 2.64 bits per heavy atom. The summed E-state index contributed by atoms with van der Waals surface area (Å²) in [5.74, 6) is -0.564. The molecule has 0 bridgehead atoms. The van der Waals surface area contributed by atoms with Gasteiger partial charge in [0.25, 0.3) is 0 Å². The van der Waals surface area contributed by atoms with Crippen LogP contribution in [-0.2, 0) is 0 Å². The van der Waals surface area contributed by atoms with Crippen LogP contribution in [0.3, 0.4) is 0 Å². The van der Waals surface area contributed by atoms with Crippen LogP contribution in [0.5, 0.6) is 0 Å². The summed E-state index contributed by atoms with van der Waals surface area (Å²) in [7, 11) is 0. The van der Waals surface area contributed by atoms with Crippen molar-refractivity contribution in [3.05, 3.63) is 63.6 Å². The Morgan fingerprint density at radius 2 is 1.88 bits per heavy atom. The van der Waals surface area contributed by atoms with Crippen molar-refractivity contribution in [2.24, 2.45) is 0 Å². The van der Waals surface area contributed by atoms with Gasteiger partial charge in [-0.2, -0.15) is 0 Å². The van der Waals surface area contributed by atoms with Crippen LogP contribution in [0, 0.1) is 6.92 Å². The molecule has 6 heteroatoms. The highest BCUT2D eigenvalue weighted by molar-refractivity contribution is 6.32. The first-order chi connectivity index (χ1) is 11.9. The molecule has 0 atom stereocenters. The average molecular weight is 372 g/mol. The predicted molar refractivity (Wildman–Crippen MR) is 98.7 cm³/mol. The molecule has 4 aromatic rings. The molecule has 4 nitrogen and oxygen atoms in total. The smallest absolute Gasteiger partial charge is 0.336 e. The van der Waals surface area contributed by atoms with Crippen molar-refractivity contribution in [2.45, 2.75) is 6.92 Å². The fraction of sp³-hybridized carbons (Fsp3) is 0.0526. The van der Waals surface area contributed by atoms with Gasteiger partial charge in [0.1, 0.15) is 11.3 Å². The minimum Gasteiger partial charge on any atom is -0.478 e. The average Bonchev–Trinajstić information content (AvgIpc) is 2.96. The van der Waals surface area contributed by atoms with Crippen molar-refractivity contribution in [1.82, 2.24) is 4.98 Å². The summed E-state index contributed by atoms with van der Waals surface area (Å²) < 4.78 is 5.82. The lowest BCUT2D eigenvalue weighted by atomic mass is 10.0. The molecule has 0 amide bonds. The number of hydrogen-bond acceptors (Lipinski definition) is 3. The third kappa shape index (κ3) is 2.73. The van der Waals surface area contributed by atoms with Crippen molar-refractivity contribution >= 4 is 51.0 Å². The van der Waals surface area contributed by atoms with E-state index < -0.39 is 5.97 Å². The number of benzene rings is 2. The summed E-state index contributed by atoms with van der Waals surface area (Å²) >= 11 is 12.1. The van der Waals surface area contributed by atoms with Gasteiger partial charge in [-0.15, -0.1) is 0 Å². The van der Waals surface area contributed by atoms with Crippen LogP contribution in [-0.4, -0.2) is 16.1 Å². The number of aromatic nitrogens is 1. The molecule has 124 valence electrons. The van der Waals surface area contributed by atoms with Gasteiger partial charge in [-0.25, -0.2) is 9.78 Å². The van der Waals surface area contributed by atoms with Crippen LogP contribution in [0.15, 0.2) is 46.9 Å². The second-order valence-corrected chi connectivity index (χ2v) is 6.64. The van der Waals surface area contributed by atoms with Crippen LogP contribution in [0.25, 0.3) is 33.3 Å². The van der Waals surface area contributed by atoms with Crippen molar-refractivity contribution in [2.75, 3.05) is 0 Å². The number of rotatable bonds is 2. The Bertz CT molecular complexity index is 1160. The summed E-state index contributed by atoms with van der Waals surface area (Å²) in [6.07, 6.45) is 0. The number of hydrogen-bond donors (Lipinski definition) is 1. The molecular weight excluding hydrogens is 361 g/mol. The van der Waals surface area contributed by atoms with Gasteiger partial charge in [0, 0.05) is 20.8 Å². The van der Waals surface area contributed by atoms with Crippen molar-refractivity contribution in [3.63, 3.8) is 0 Å². The number of carboxylic acid groups (broad SMARTS) is 1. The lowest BCUT2D eigenvalue weighted by Crippen LogP contribution is -2.01. The molecule has 0 saturated heterocycles. The SMILES string of the molecule is Cc1cc(Cl)cc2c(C(=O)O)cc(-c3cc4cc(Cl)ccc4o3)nc12. The summed E-state index contributed by atoms with van der Waals surface area (Å²) in [4.78, 5) is 16.3. The van der Waals surface area contributed by atoms with E-state index >= 15 is 0 Å². The highest BCUT2D eigenvalue weighted by Crippen LogP contribution is 2.32. The Labute approximate surface area is 152 Å². The molecule has 0 spiro atoms. The van der Waals surface area contributed by atoms with Crippen molar-refractivity contribution in [1.29, 1.82) is 0 Å². The first kappa shape index (κ1) is 15.9. The first-order valence-electron chi connectivity index (χ1n) is 7.46. The zero-order valence-electron chi connectivity index (χ0n) is 13.0. The van der Waals surface area contributed by atoms with Crippen LogP contribution >= 0.6 is 23.2 Å². The van der Waals surface area contributed by atoms with Gasteiger partial charge in [-0.05, 0) is 55.0 Å². The molecular formula is C19H11Cl2NO3. The molecule has 1 N–H and O–H groups in total. The molecule has 2 heterocycles. The van der Waals surface area contributed by atoms with E-state index in [0.29, 0.717) is 38.0 Å². The Balaban J connectivity index is 2.02. The second-order valence-electron chi connectivity index (χ2n) is 5.77. The molecule has 0 unspecified atom stereocenters. The van der Waals surface area contributed by atoms with Gasteiger partial charge in [0.15, 0.2) is 5.76 Å². The zero-order chi connectivity index (χ0) is 17.7. The number of carbonyl (C=O) groups is 1. The van der Waals surface area contributed by atoms with E-state index in [-0.39, 0.29) is 5.56 Å². The van der Waals surface area contributed by atoms with Crippen LogP contribution in [0.1, 0.15) is 15.9 Å². The fourth-order valence-electron chi connectivity index (χ4n) is 2.90. The number of nitrogens with zero attached hydrogens (tertiary/aromatic N) is 1. The molecule has 4 rings (SSSR count). The molecule has 0 aliphatic heterocycles. The van der Waals surface area contributed by atoms with Crippen LogP contribution in [0.2, 0.25) is 10.0 Å². The van der Waals surface area contributed by atoms with Gasteiger partial charge in [0.2, 0.25) is 0 Å². The molecule has 2 aromatic heterocycles. The lowest BCUT2D eigenvalue weighted by Gasteiger charge is -2.08. The maximum atomic E-state index is 11.7. The molecule has 0 fully saturated rings. The Morgan fingerprint density at radius 1 is 1.08 bits per heavy atom. The summed E-state index contributed by atoms with van der Waals surface area (Å²) in [5.41, 5.74) is 2.61. The van der Waals surface area contributed by atoms with Crippen molar-refractivity contribution < 1.29 is 14.3 Å². The number of fused-ring (bicyclic) bond motifs is 2. The van der Waals surface area contributed by atoms with E-state index in [0.717, 1.165) is 10.9 Å². The van der Waals surface area contributed by atoms with Crippen molar-refractivity contribution in [3.8, 4) is 11.5 Å². The number of furan rings is 1. The molecule has 25 heavy (non-hydrogen) atoms. The van der Waals surface area contributed by atoms with Crippen LogP contribution in [0.4, 0.5) is 0 Å². The highest BCUT2D eigenvalue weighted by Gasteiger charge is 2.17. The number of carboxylic acids is 1. The van der Waals surface area contributed by atoms with E-state index in [1.54, 1.807) is 36.4 Å². The topological polar surface area (TPSA) is 63.3 Å². The minimum atomic E-state index is -1.05. The van der Waals surface area contributed by atoms with E-state index in [1.165, 1.54) is 6.07 Å². The maximum absolute atomic E-state index is 11.7. The number of pyridine rings is 1. The minimum absolute atomic E-state index is 0.129. The van der Waals surface area contributed by atoms with Gasteiger partial charge >= 0.3 is 5.97 Å². The maximum Gasteiger partial charge on any atom is 0.336 e. The fourth-order valence-corrected chi connectivity index (χ4v) is 3.35. The third-order valence-electron chi connectivity index (χ3n) is 4.03. The van der Waals surface area contributed by atoms with Gasteiger partial charge in [0.05, 0.1) is 11.1 Å². The summed E-state index contributed by atoms with van der Waals surface area (Å²) in [6.45, 7) is 1.84. The Hall–Kier alpha value is -2.56. The van der Waals surface area contributed by atoms with E-state index in [9.17, 15) is 9.90 Å².